The van der Waals surface area contributed by atoms with Gasteiger partial charge in [-0.05, 0) is 24.3 Å². The van der Waals surface area contributed by atoms with Gasteiger partial charge < -0.3 is 25.8 Å². The maximum atomic E-state index is 11.6. The third-order valence-corrected chi connectivity index (χ3v) is 2.34. The van der Waals surface area contributed by atoms with Gasteiger partial charge in [-0.25, -0.2) is 4.79 Å². The van der Waals surface area contributed by atoms with Crippen LogP contribution in [0.3, 0.4) is 0 Å². The first-order chi connectivity index (χ1) is 8.69. The van der Waals surface area contributed by atoms with E-state index in [-0.39, 0.29) is 12.1 Å². The molecule has 0 spiro atoms. The fourth-order valence-corrected chi connectivity index (χ4v) is 1.40. The molecule has 1 rings (SSSR count). The van der Waals surface area contributed by atoms with E-state index in [1.165, 1.54) is 0 Å². The first-order valence-electron chi connectivity index (χ1n) is 5.60. The van der Waals surface area contributed by atoms with E-state index in [2.05, 4.69) is 10.6 Å². The zero-order chi connectivity index (χ0) is 13.4. The molecule has 0 bridgehead atoms. The number of nitrogens with one attached hydrogen (secondary N) is 2. The van der Waals surface area contributed by atoms with Crippen LogP contribution in [0.2, 0.25) is 0 Å². The second kappa shape index (κ2) is 7.52. The van der Waals surface area contributed by atoms with Gasteiger partial charge in [-0.1, -0.05) is 0 Å². The van der Waals surface area contributed by atoms with Gasteiger partial charge in [0.05, 0.1) is 19.8 Å². The van der Waals surface area contributed by atoms with Crippen molar-refractivity contribution in [3.05, 3.63) is 24.3 Å². The van der Waals surface area contributed by atoms with Crippen LogP contribution >= 0.6 is 0 Å². The highest BCUT2D eigenvalue weighted by Gasteiger charge is 2.10. The Morgan fingerprint density at radius 2 is 2.00 bits per heavy atom. The Bertz CT molecular complexity index is 367. The molecule has 0 radical (unpaired) electrons. The van der Waals surface area contributed by atoms with Gasteiger partial charge in [0, 0.05) is 19.3 Å². The van der Waals surface area contributed by atoms with E-state index in [4.69, 9.17) is 15.2 Å². The van der Waals surface area contributed by atoms with Crippen LogP contribution in [0, 0.1) is 0 Å². The lowest BCUT2D eigenvalue weighted by atomic mass is 10.3. The standard InChI is InChI=1S/C12H19N3O3/c1-17-8-10(7-13)15-12(16)14-9-3-5-11(18-2)6-4-9/h3-6,10H,7-8,13H2,1-2H3,(H2,14,15,16). The van der Waals surface area contributed by atoms with Gasteiger partial charge in [-0.2, -0.15) is 0 Å². The summed E-state index contributed by atoms with van der Waals surface area (Å²) in [5, 5.41) is 5.41. The second-order valence-corrected chi connectivity index (χ2v) is 3.71. The molecule has 1 aromatic carbocycles. The van der Waals surface area contributed by atoms with Crippen LogP contribution in [0.4, 0.5) is 10.5 Å². The molecule has 0 aliphatic carbocycles. The monoisotopic (exact) mass is 253 g/mol. The molecule has 2 amide bonds. The summed E-state index contributed by atoms with van der Waals surface area (Å²) in [6.07, 6.45) is 0. The fourth-order valence-electron chi connectivity index (χ4n) is 1.40. The minimum atomic E-state index is -0.312. The quantitative estimate of drug-likeness (QED) is 0.699. The summed E-state index contributed by atoms with van der Waals surface area (Å²) in [5.41, 5.74) is 6.18. The molecule has 0 fully saturated rings. The van der Waals surface area contributed by atoms with Crippen LogP contribution in [-0.2, 0) is 4.74 Å². The van der Waals surface area contributed by atoms with Crippen LogP contribution in [0.5, 0.6) is 5.75 Å². The number of urea groups is 1. The Kier molecular flexibility index (Phi) is 5.96. The molecule has 6 nitrogen and oxygen atoms in total. The van der Waals surface area contributed by atoms with Gasteiger partial charge in [0.2, 0.25) is 0 Å². The Morgan fingerprint density at radius 1 is 1.33 bits per heavy atom. The summed E-state index contributed by atoms with van der Waals surface area (Å²) in [4.78, 5) is 11.6. The molecule has 6 heteroatoms. The Balaban J connectivity index is 2.47. The van der Waals surface area contributed by atoms with Gasteiger partial charge in [-0.15, -0.1) is 0 Å². The second-order valence-electron chi connectivity index (χ2n) is 3.71. The van der Waals surface area contributed by atoms with Crippen molar-refractivity contribution in [2.24, 2.45) is 5.73 Å². The molecule has 1 unspecified atom stereocenters. The number of hydrogen-bond acceptors (Lipinski definition) is 4. The molecule has 0 saturated heterocycles. The Labute approximate surface area is 106 Å². The van der Waals surface area contributed by atoms with Gasteiger partial charge >= 0.3 is 6.03 Å². The number of rotatable bonds is 6. The molecule has 0 aromatic heterocycles. The summed E-state index contributed by atoms with van der Waals surface area (Å²) in [5.74, 6) is 0.736. The van der Waals surface area contributed by atoms with Gasteiger partial charge in [0.25, 0.3) is 0 Å². The van der Waals surface area contributed by atoms with Crippen molar-refractivity contribution >= 4 is 11.7 Å². The first-order valence-corrected chi connectivity index (χ1v) is 5.60. The van der Waals surface area contributed by atoms with E-state index in [1.807, 2.05) is 0 Å². The third-order valence-electron chi connectivity index (χ3n) is 2.34. The predicted octanol–water partition coefficient (Wildman–Crippen LogP) is 0.790. The van der Waals surface area contributed by atoms with Crippen molar-refractivity contribution in [1.82, 2.24) is 5.32 Å². The van der Waals surface area contributed by atoms with E-state index >= 15 is 0 Å². The molecule has 0 aliphatic rings. The third kappa shape index (κ3) is 4.60. The molecule has 0 aliphatic heterocycles. The van der Waals surface area contributed by atoms with E-state index in [1.54, 1.807) is 38.5 Å². The van der Waals surface area contributed by atoms with Crippen LogP contribution in [0.15, 0.2) is 24.3 Å². The molecular weight excluding hydrogens is 234 g/mol. The topological polar surface area (TPSA) is 85.6 Å². The molecule has 18 heavy (non-hydrogen) atoms. The number of amides is 2. The number of hydrogen-bond donors (Lipinski definition) is 3. The lowest BCUT2D eigenvalue weighted by Gasteiger charge is -2.16. The van der Waals surface area contributed by atoms with E-state index in [9.17, 15) is 4.79 Å². The SMILES string of the molecule is COCC(CN)NC(=O)Nc1ccc(OC)cc1. The predicted molar refractivity (Wildman–Crippen MR) is 69.9 cm³/mol. The largest absolute Gasteiger partial charge is 0.497 e. The average Bonchev–Trinajstić information content (AvgIpc) is 2.39. The number of carbonyl (C=O) groups excluding carboxylic acids is 1. The van der Waals surface area contributed by atoms with E-state index in [0.29, 0.717) is 18.8 Å². The summed E-state index contributed by atoms with van der Waals surface area (Å²) in [7, 11) is 3.15. The zero-order valence-corrected chi connectivity index (χ0v) is 10.6. The maximum absolute atomic E-state index is 11.6. The Morgan fingerprint density at radius 3 is 2.50 bits per heavy atom. The van der Waals surface area contributed by atoms with Crippen molar-refractivity contribution in [3.63, 3.8) is 0 Å². The molecule has 1 atom stereocenters. The summed E-state index contributed by atoms with van der Waals surface area (Å²) >= 11 is 0. The average molecular weight is 253 g/mol. The fraction of sp³-hybridized carbons (Fsp3) is 0.417. The lowest BCUT2D eigenvalue weighted by Crippen LogP contribution is -2.45. The summed E-state index contributed by atoms with van der Waals surface area (Å²) in [6, 6.07) is 6.54. The molecule has 1 aromatic rings. The van der Waals surface area contributed by atoms with Crippen molar-refractivity contribution in [1.29, 1.82) is 0 Å². The van der Waals surface area contributed by atoms with Crippen molar-refractivity contribution in [3.8, 4) is 5.75 Å². The number of anilines is 1. The van der Waals surface area contributed by atoms with Crippen molar-refractivity contribution in [2.75, 3.05) is 32.7 Å². The van der Waals surface area contributed by atoms with Gasteiger partial charge in [0.15, 0.2) is 0 Å². The number of ether oxygens (including phenoxy) is 2. The molecule has 4 N–H and O–H groups in total. The number of carbonyl (C=O) groups is 1. The van der Waals surface area contributed by atoms with Gasteiger partial charge in [0.1, 0.15) is 5.75 Å². The number of benzene rings is 1. The van der Waals surface area contributed by atoms with Gasteiger partial charge in [-0.3, -0.25) is 0 Å². The number of nitrogens with two attached hydrogens (primary N) is 1. The maximum Gasteiger partial charge on any atom is 0.319 e. The highest BCUT2D eigenvalue weighted by atomic mass is 16.5. The molecule has 100 valence electrons. The van der Waals surface area contributed by atoms with Crippen LogP contribution in [0.1, 0.15) is 0 Å². The van der Waals surface area contributed by atoms with Crippen LogP contribution < -0.4 is 21.1 Å². The first kappa shape index (κ1) is 14.3. The summed E-state index contributed by atoms with van der Waals surface area (Å²) < 4.78 is 9.96. The smallest absolute Gasteiger partial charge is 0.319 e. The van der Waals surface area contributed by atoms with Crippen LogP contribution in [-0.4, -0.2) is 39.4 Å². The highest BCUT2D eigenvalue weighted by Crippen LogP contribution is 2.14. The minimum Gasteiger partial charge on any atom is -0.497 e. The zero-order valence-electron chi connectivity index (χ0n) is 10.6. The molecule has 0 saturated carbocycles. The van der Waals surface area contributed by atoms with Crippen LogP contribution in [0.25, 0.3) is 0 Å². The number of methoxy groups -OCH3 is 2. The Hall–Kier alpha value is -1.79. The van der Waals surface area contributed by atoms with Crippen molar-refractivity contribution in [2.45, 2.75) is 6.04 Å². The van der Waals surface area contributed by atoms with Crippen molar-refractivity contribution < 1.29 is 14.3 Å². The minimum absolute atomic E-state index is 0.201. The molecular formula is C12H19N3O3. The van der Waals surface area contributed by atoms with E-state index in [0.717, 1.165) is 5.75 Å². The summed E-state index contributed by atoms with van der Waals surface area (Å²) in [6.45, 7) is 0.705. The normalized spacial score (nSPS) is 11.7. The molecule has 0 heterocycles. The highest BCUT2D eigenvalue weighted by molar-refractivity contribution is 5.89. The van der Waals surface area contributed by atoms with E-state index < -0.39 is 0 Å². The lowest BCUT2D eigenvalue weighted by molar-refractivity contribution is 0.169.